The fraction of sp³-hybridized carbons (Fsp3) is 0.286. The second-order valence-electron chi connectivity index (χ2n) is 4.80. The van der Waals surface area contributed by atoms with E-state index in [0.29, 0.717) is 40.8 Å². The molecule has 1 fully saturated rings. The number of nitrogens with two attached hydrogens (primary N) is 1. The Morgan fingerprint density at radius 3 is 2.55 bits per heavy atom. The summed E-state index contributed by atoms with van der Waals surface area (Å²) < 4.78 is 20.3. The molecule has 0 aliphatic carbocycles. The van der Waals surface area contributed by atoms with Crippen molar-refractivity contribution >= 4 is 35.3 Å². The molecule has 2 N–H and O–H groups in total. The number of anilines is 1. The highest BCUT2D eigenvalue weighted by Crippen LogP contribution is 2.27. The summed E-state index contributed by atoms with van der Waals surface area (Å²) in [5.41, 5.74) is 6.76. The number of amides is 1. The molecule has 0 spiro atoms. The largest absolute Gasteiger partial charge is 0.383 e. The minimum absolute atomic E-state index is 0.141. The fourth-order valence-electron chi connectivity index (χ4n) is 2.28. The molecule has 2 aromatic rings. The van der Waals surface area contributed by atoms with Crippen LogP contribution in [0.3, 0.4) is 0 Å². The van der Waals surface area contributed by atoms with E-state index in [2.05, 4.69) is 0 Å². The second-order valence-corrected chi connectivity index (χ2v) is 6.44. The molecule has 3 rings (SSSR count). The summed E-state index contributed by atoms with van der Waals surface area (Å²) in [6.07, 6.45) is 0. The molecule has 8 heteroatoms. The van der Waals surface area contributed by atoms with Crippen LogP contribution in [0.15, 0.2) is 24.3 Å². The number of carbonyl (C=O) groups is 1. The minimum atomic E-state index is -0.339. The van der Waals surface area contributed by atoms with Gasteiger partial charge in [-0.3, -0.25) is 9.36 Å². The van der Waals surface area contributed by atoms with Crippen molar-refractivity contribution < 1.29 is 13.9 Å². The number of thiazole rings is 1. The van der Waals surface area contributed by atoms with Crippen LogP contribution >= 0.6 is 23.6 Å². The summed E-state index contributed by atoms with van der Waals surface area (Å²) in [6, 6.07) is 5.82. The van der Waals surface area contributed by atoms with Gasteiger partial charge in [-0.15, -0.1) is 0 Å². The number of ether oxygens (including phenoxy) is 1. The molecule has 0 unspecified atom stereocenters. The maximum absolute atomic E-state index is 13.0. The van der Waals surface area contributed by atoms with E-state index in [1.54, 1.807) is 21.6 Å². The summed E-state index contributed by atoms with van der Waals surface area (Å²) >= 11 is 6.48. The zero-order valence-corrected chi connectivity index (χ0v) is 13.3. The molecule has 1 amide bonds. The Balaban J connectivity index is 1.97. The first-order valence-electron chi connectivity index (χ1n) is 6.72. The Labute approximate surface area is 135 Å². The van der Waals surface area contributed by atoms with Gasteiger partial charge in [-0.1, -0.05) is 11.3 Å². The molecule has 1 saturated heterocycles. The molecule has 0 radical (unpaired) electrons. The molecule has 5 nitrogen and oxygen atoms in total. The average Bonchev–Trinajstić information content (AvgIpc) is 2.83. The number of benzene rings is 1. The van der Waals surface area contributed by atoms with Crippen LogP contribution in [-0.4, -0.2) is 41.7 Å². The SMILES string of the molecule is Nc1c(C(=O)N2CCOCC2)sc(=S)n1-c1ccc(F)cc1. The average molecular weight is 339 g/mol. The molecule has 116 valence electrons. The first kappa shape index (κ1) is 15.1. The number of hydrogen-bond donors (Lipinski definition) is 1. The molecule has 1 aliphatic rings. The van der Waals surface area contributed by atoms with Gasteiger partial charge in [0, 0.05) is 18.8 Å². The quantitative estimate of drug-likeness (QED) is 0.854. The fourth-order valence-corrected chi connectivity index (χ4v) is 3.62. The normalized spacial score (nSPS) is 15.0. The molecule has 22 heavy (non-hydrogen) atoms. The third kappa shape index (κ3) is 2.77. The van der Waals surface area contributed by atoms with Crippen molar-refractivity contribution in [2.24, 2.45) is 0 Å². The lowest BCUT2D eigenvalue weighted by Gasteiger charge is -2.26. The molecule has 0 bridgehead atoms. The van der Waals surface area contributed by atoms with E-state index in [0.717, 1.165) is 0 Å². The lowest BCUT2D eigenvalue weighted by Crippen LogP contribution is -2.40. The number of hydrogen-bond acceptors (Lipinski definition) is 5. The number of halogens is 1. The van der Waals surface area contributed by atoms with Gasteiger partial charge in [-0.2, -0.15) is 0 Å². The maximum atomic E-state index is 13.0. The van der Waals surface area contributed by atoms with Crippen molar-refractivity contribution in [3.8, 4) is 5.69 Å². The number of rotatable bonds is 2. The van der Waals surface area contributed by atoms with Crippen LogP contribution in [0.5, 0.6) is 0 Å². The monoisotopic (exact) mass is 339 g/mol. The number of aromatic nitrogens is 1. The zero-order chi connectivity index (χ0) is 15.7. The summed E-state index contributed by atoms with van der Waals surface area (Å²) in [5.74, 6) is -0.190. The van der Waals surface area contributed by atoms with Crippen molar-refractivity contribution in [3.05, 3.63) is 38.9 Å². The summed E-state index contributed by atoms with van der Waals surface area (Å²) in [4.78, 5) is 14.7. The number of nitrogens with zero attached hydrogens (tertiary/aromatic N) is 2. The summed E-state index contributed by atoms with van der Waals surface area (Å²) in [6.45, 7) is 2.13. The predicted molar refractivity (Wildman–Crippen MR) is 85.6 cm³/mol. The van der Waals surface area contributed by atoms with Gasteiger partial charge in [0.1, 0.15) is 16.5 Å². The van der Waals surface area contributed by atoms with E-state index in [-0.39, 0.29) is 17.5 Å². The van der Waals surface area contributed by atoms with Crippen molar-refractivity contribution in [3.63, 3.8) is 0 Å². The summed E-state index contributed by atoms with van der Waals surface area (Å²) in [5, 5.41) is 0. The van der Waals surface area contributed by atoms with Crippen LogP contribution in [0.4, 0.5) is 10.2 Å². The highest BCUT2D eigenvalue weighted by molar-refractivity contribution is 7.73. The Morgan fingerprint density at radius 1 is 1.27 bits per heavy atom. The van der Waals surface area contributed by atoms with E-state index in [1.165, 1.54) is 23.5 Å². The van der Waals surface area contributed by atoms with Gasteiger partial charge in [0.15, 0.2) is 3.95 Å². The third-order valence-electron chi connectivity index (χ3n) is 3.42. The van der Waals surface area contributed by atoms with Gasteiger partial charge >= 0.3 is 0 Å². The zero-order valence-electron chi connectivity index (χ0n) is 11.6. The van der Waals surface area contributed by atoms with Crippen LogP contribution in [0, 0.1) is 9.77 Å². The maximum Gasteiger partial charge on any atom is 0.267 e. The molecular formula is C14H14FN3O2S2. The van der Waals surface area contributed by atoms with Crippen LogP contribution in [0.25, 0.3) is 5.69 Å². The van der Waals surface area contributed by atoms with Crippen molar-refractivity contribution in [2.75, 3.05) is 32.0 Å². The van der Waals surface area contributed by atoms with E-state index >= 15 is 0 Å². The van der Waals surface area contributed by atoms with Gasteiger partial charge in [0.25, 0.3) is 5.91 Å². The van der Waals surface area contributed by atoms with Crippen LogP contribution in [0.2, 0.25) is 0 Å². The standard InChI is InChI=1S/C14H14FN3O2S2/c15-9-1-3-10(4-2-9)18-12(16)11(22-14(18)21)13(19)17-5-7-20-8-6-17/h1-4H,5-8,16H2. The van der Waals surface area contributed by atoms with Crippen molar-refractivity contribution in [2.45, 2.75) is 0 Å². The summed E-state index contributed by atoms with van der Waals surface area (Å²) in [7, 11) is 0. The van der Waals surface area contributed by atoms with Crippen LogP contribution in [0.1, 0.15) is 9.67 Å². The Morgan fingerprint density at radius 2 is 1.91 bits per heavy atom. The lowest BCUT2D eigenvalue weighted by atomic mass is 10.3. The molecular weight excluding hydrogens is 325 g/mol. The molecule has 0 saturated carbocycles. The van der Waals surface area contributed by atoms with Gasteiger partial charge < -0.3 is 15.4 Å². The van der Waals surface area contributed by atoms with E-state index < -0.39 is 0 Å². The molecule has 1 aliphatic heterocycles. The number of nitrogen functional groups attached to an aromatic ring is 1. The predicted octanol–water partition coefficient (Wildman–Crippen LogP) is 2.46. The number of morpholine rings is 1. The first-order valence-corrected chi connectivity index (χ1v) is 7.94. The van der Waals surface area contributed by atoms with Crippen LogP contribution in [-0.2, 0) is 4.74 Å². The first-order chi connectivity index (χ1) is 10.6. The lowest BCUT2D eigenvalue weighted by molar-refractivity contribution is 0.0306. The highest BCUT2D eigenvalue weighted by atomic mass is 32.1. The van der Waals surface area contributed by atoms with Crippen molar-refractivity contribution in [1.29, 1.82) is 0 Å². The highest BCUT2D eigenvalue weighted by Gasteiger charge is 2.24. The second kappa shape index (κ2) is 6.15. The Kier molecular flexibility index (Phi) is 4.23. The molecule has 1 aromatic heterocycles. The van der Waals surface area contributed by atoms with E-state index in [9.17, 15) is 9.18 Å². The molecule has 1 aromatic carbocycles. The molecule has 2 heterocycles. The van der Waals surface area contributed by atoms with Crippen molar-refractivity contribution in [1.82, 2.24) is 9.47 Å². The third-order valence-corrected chi connectivity index (χ3v) is 4.80. The number of carbonyl (C=O) groups excluding carboxylic acids is 1. The van der Waals surface area contributed by atoms with Gasteiger partial charge in [0.2, 0.25) is 0 Å². The molecule has 0 atom stereocenters. The van der Waals surface area contributed by atoms with Gasteiger partial charge in [0.05, 0.1) is 13.2 Å². The van der Waals surface area contributed by atoms with E-state index in [4.69, 9.17) is 22.7 Å². The van der Waals surface area contributed by atoms with Gasteiger partial charge in [-0.25, -0.2) is 4.39 Å². The topological polar surface area (TPSA) is 60.5 Å². The van der Waals surface area contributed by atoms with Gasteiger partial charge in [-0.05, 0) is 36.5 Å². The Hall–Kier alpha value is -1.77. The Bertz CT molecular complexity index is 748. The smallest absolute Gasteiger partial charge is 0.267 e. The minimum Gasteiger partial charge on any atom is -0.383 e. The van der Waals surface area contributed by atoms with Crippen LogP contribution < -0.4 is 5.73 Å². The van der Waals surface area contributed by atoms with E-state index in [1.807, 2.05) is 0 Å².